The standard InChI is InChI=1S/C22H28Cl2N3O9P/c1-12(2)34-19(30)14(4)26-37(32,36-15-8-6-5-7-9-15)33-11-16-17(28)22(23,24)20(35-16)27-10-13(3)18(29)25-21(27)31/h5-10,12,14,16-17,20,28H,11H2,1-4H3,(H,26,32)(H,25,29,31)/t14-,16-,17-,20-,37?/m1/s1. The van der Waals surface area contributed by atoms with Crippen LogP contribution in [0.1, 0.15) is 32.6 Å². The molecule has 12 nitrogen and oxygen atoms in total. The number of aliphatic hydroxyl groups excluding tert-OH is 1. The summed E-state index contributed by atoms with van der Waals surface area (Å²) in [5.41, 5.74) is -1.30. The van der Waals surface area contributed by atoms with Crippen LogP contribution >= 0.6 is 30.9 Å². The number of hydrogen-bond acceptors (Lipinski definition) is 9. The number of aromatic amines is 1. The second-order valence-electron chi connectivity index (χ2n) is 8.66. The maximum atomic E-state index is 13.6. The topological polar surface area (TPSA) is 158 Å². The number of alkyl halides is 2. The first-order chi connectivity index (χ1) is 17.2. The Balaban J connectivity index is 1.82. The number of benzene rings is 1. The second-order valence-corrected chi connectivity index (χ2v) is 11.8. The molecular weight excluding hydrogens is 552 g/mol. The van der Waals surface area contributed by atoms with Crippen LogP contribution in [0, 0.1) is 6.92 Å². The van der Waals surface area contributed by atoms with Crippen molar-refractivity contribution in [3.63, 3.8) is 0 Å². The molecule has 0 radical (unpaired) electrons. The summed E-state index contributed by atoms with van der Waals surface area (Å²) in [5.74, 6) is -0.520. The number of nitrogens with zero attached hydrogens (tertiary/aromatic N) is 1. The lowest BCUT2D eigenvalue weighted by atomic mass is 10.1. The van der Waals surface area contributed by atoms with Gasteiger partial charge in [0.25, 0.3) is 5.56 Å². The molecule has 1 saturated heterocycles. The third kappa shape index (κ3) is 7.02. The largest absolute Gasteiger partial charge is 0.462 e. The number of aromatic nitrogens is 2. The van der Waals surface area contributed by atoms with E-state index >= 15 is 0 Å². The molecule has 0 aliphatic carbocycles. The van der Waals surface area contributed by atoms with Crippen molar-refractivity contribution in [2.45, 2.75) is 62.6 Å². The molecule has 1 aliphatic rings. The normalized spacial score (nSPS) is 23.4. The molecule has 37 heavy (non-hydrogen) atoms. The van der Waals surface area contributed by atoms with Gasteiger partial charge in [0.2, 0.25) is 0 Å². The molecule has 5 atom stereocenters. The lowest BCUT2D eigenvalue weighted by molar-refractivity contribution is -0.149. The molecule has 2 aromatic rings. The number of carbonyl (C=O) groups is 1. The van der Waals surface area contributed by atoms with Crippen molar-refractivity contribution in [1.29, 1.82) is 0 Å². The molecule has 0 saturated carbocycles. The third-order valence-electron chi connectivity index (χ3n) is 5.21. The van der Waals surface area contributed by atoms with Crippen LogP contribution in [-0.4, -0.2) is 55.9 Å². The van der Waals surface area contributed by atoms with Gasteiger partial charge in [-0.25, -0.2) is 9.36 Å². The highest BCUT2D eigenvalue weighted by Crippen LogP contribution is 2.49. The van der Waals surface area contributed by atoms with E-state index in [1.165, 1.54) is 32.2 Å². The number of H-pyrrole nitrogens is 1. The van der Waals surface area contributed by atoms with E-state index in [1.54, 1.807) is 32.0 Å². The number of halogens is 2. The van der Waals surface area contributed by atoms with E-state index in [2.05, 4.69) is 10.1 Å². The summed E-state index contributed by atoms with van der Waals surface area (Å²) in [5, 5.41) is 13.2. The highest BCUT2D eigenvalue weighted by atomic mass is 35.5. The smallest absolute Gasteiger partial charge is 0.459 e. The lowest BCUT2D eigenvalue weighted by Gasteiger charge is -2.25. The van der Waals surface area contributed by atoms with Crippen molar-refractivity contribution in [3.8, 4) is 5.75 Å². The van der Waals surface area contributed by atoms with Crippen LogP contribution in [-0.2, 0) is 23.4 Å². The van der Waals surface area contributed by atoms with E-state index in [1.807, 2.05) is 0 Å². The van der Waals surface area contributed by atoms with Gasteiger partial charge >= 0.3 is 19.4 Å². The summed E-state index contributed by atoms with van der Waals surface area (Å²) in [7, 11) is -4.28. The molecule has 1 aromatic heterocycles. The van der Waals surface area contributed by atoms with Gasteiger partial charge in [0, 0.05) is 11.8 Å². The predicted molar refractivity (Wildman–Crippen MR) is 135 cm³/mol. The van der Waals surface area contributed by atoms with Gasteiger partial charge in [-0.05, 0) is 39.8 Å². The number of para-hydroxylation sites is 1. The van der Waals surface area contributed by atoms with Crippen molar-refractivity contribution in [1.82, 2.24) is 14.6 Å². The van der Waals surface area contributed by atoms with E-state index in [-0.39, 0.29) is 11.3 Å². The minimum atomic E-state index is -4.28. The molecule has 204 valence electrons. The van der Waals surface area contributed by atoms with Gasteiger partial charge in [-0.3, -0.25) is 23.7 Å². The predicted octanol–water partition coefficient (Wildman–Crippen LogP) is 2.41. The van der Waals surface area contributed by atoms with Crippen molar-refractivity contribution >= 4 is 36.9 Å². The van der Waals surface area contributed by atoms with E-state index in [4.69, 9.17) is 41.7 Å². The Labute approximate surface area is 222 Å². The van der Waals surface area contributed by atoms with Crippen molar-refractivity contribution in [3.05, 3.63) is 62.9 Å². The summed E-state index contributed by atoms with van der Waals surface area (Å²) in [6.07, 6.45) is -3.55. The van der Waals surface area contributed by atoms with E-state index in [0.29, 0.717) is 0 Å². The summed E-state index contributed by atoms with van der Waals surface area (Å²) in [4.78, 5) is 38.5. The number of carbonyl (C=O) groups excluding carboxylic acids is 1. The molecule has 1 aromatic carbocycles. The highest BCUT2D eigenvalue weighted by molar-refractivity contribution is 7.52. The van der Waals surface area contributed by atoms with Crippen LogP contribution in [0.2, 0.25) is 0 Å². The van der Waals surface area contributed by atoms with E-state index in [0.717, 1.165) is 4.57 Å². The Morgan fingerprint density at radius 2 is 1.92 bits per heavy atom. The minimum Gasteiger partial charge on any atom is -0.462 e. The monoisotopic (exact) mass is 579 g/mol. The Morgan fingerprint density at radius 1 is 1.27 bits per heavy atom. The number of aryl methyl sites for hydroxylation is 1. The first-order valence-electron chi connectivity index (χ1n) is 11.2. The Bertz CT molecular complexity index is 1270. The van der Waals surface area contributed by atoms with Gasteiger partial charge < -0.3 is 19.1 Å². The highest BCUT2D eigenvalue weighted by Gasteiger charge is 2.56. The van der Waals surface area contributed by atoms with Crippen molar-refractivity contribution in [2.24, 2.45) is 0 Å². The fourth-order valence-corrected chi connectivity index (χ4v) is 5.47. The van der Waals surface area contributed by atoms with Crippen LogP contribution in [0.5, 0.6) is 5.75 Å². The average molecular weight is 580 g/mol. The summed E-state index contributed by atoms with van der Waals surface area (Å²) >= 11 is 12.7. The molecule has 1 unspecified atom stereocenters. The molecule has 15 heteroatoms. The summed E-state index contributed by atoms with van der Waals surface area (Å²) < 4.78 is 34.4. The number of ether oxygens (including phenoxy) is 2. The molecule has 0 amide bonds. The zero-order valence-electron chi connectivity index (χ0n) is 20.4. The summed E-state index contributed by atoms with van der Waals surface area (Å²) in [6.45, 7) is 5.63. The average Bonchev–Trinajstić information content (AvgIpc) is 3.03. The minimum absolute atomic E-state index is 0.174. The van der Waals surface area contributed by atoms with E-state index < -0.39 is 66.5 Å². The molecule has 3 N–H and O–H groups in total. The first kappa shape index (κ1) is 29.4. The maximum Gasteiger partial charge on any atom is 0.459 e. The van der Waals surface area contributed by atoms with Crippen LogP contribution < -0.4 is 20.9 Å². The Kier molecular flexibility index (Phi) is 9.28. The Hall–Kier alpha value is -2.18. The molecule has 1 aliphatic heterocycles. The van der Waals surface area contributed by atoms with Gasteiger partial charge in [0.1, 0.15) is 24.0 Å². The molecule has 1 fully saturated rings. The van der Waals surface area contributed by atoms with Gasteiger partial charge in [-0.15, -0.1) is 0 Å². The second kappa shape index (κ2) is 11.7. The molecule has 0 bridgehead atoms. The fourth-order valence-electron chi connectivity index (χ4n) is 3.37. The maximum absolute atomic E-state index is 13.6. The molecule has 2 heterocycles. The van der Waals surface area contributed by atoms with Crippen molar-refractivity contribution in [2.75, 3.05) is 6.61 Å². The van der Waals surface area contributed by atoms with Gasteiger partial charge in [0.05, 0.1) is 12.7 Å². The molecule has 0 spiro atoms. The zero-order valence-corrected chi connectivity index (χ0v) is 22.8. The van der Waals surface area contributed by atoms with Crippen LogP contribution in [0.3, 0.4) is 0 Å². The number of rotatable bonds is 10. The van der Waals surface area contributed by atoms with Crippen LogP contribution in [0.15, 0.2) is 46.1 Å². The SMILES string of the molecule is Cc1cn([C@@H]2O[C@H](COP(=O)(N[C@H](C)C(=O)OC(C)C)Oc3ccccc3)[C@@H](O)C2(Cl)Cl)c(=O)[nH]c1=O. The molecular formula is C22H28Cl2N3O9P. The summed E-state index contributed by atoms with van der Waals surface area (Å²) in [6, 6.07) is 6.96. The van der Waals surface area contributed by atoms with Gasteiger partial charge in [0.15, 0.2) is 10.6 Å². The van der Waals surface area contributed by atoms with E-state index in [9.17, 15) is 24.1 Å². The number of hydrogen-bond donors (Lipinski definition) is 3. The Morgan fingerprint density at radius 3 is 2.54 bits per heavy atom. The van der Waals surface area contributed by atoms with Crippen LogP contribution in [0.25, 0.3) is 0 Å². The zero-order chi connectivity index (χ0) is 27.5. The first-order valence-corrected chi connectivity index (χ1v) is 13.5. The third-order valence-corrected chi connectivity index (χ3v) is 7.68. The van der Waals surface area contributed by atoms with Gasteiger partial charge in [-0.2, -0.15) is 5.09 Å². The quantitative estimate of drug-likeness (QED) is 0.217. The van der Waals surface area contributed by atoms with Crippen LogP contribution in [0.4, 0.5) is 0 Å². The number of nitrogens with one attached hydrogen (secondary N) is 2. The van der Waals surface area contributed by atoms with Crippen molar-refractivity contribution < 1.29 is 33.0 Å². The number of esters is 1. The fraction of sp³-hybridized carbons (Fsp3) is 0.500. The molecule has 3 rings (SSSR count). The number of aliphatic hydroxyl groups is 1. The lowest BCUT2D eigenvalue weighted by Crippen LogP contribution is -2.42. The van der Waals surface area contributed by atoms with Gasteiger partial charge in [-0.1, -0.05) is 41.4 Å².